The molecule has 0 bridgehead atoms. The minimum Gasteiger partial charge on any atom is -0.368 e. The predicted molar refractivity (Wildman–Crippen MR) is 95.0 cm³/mol. The van der Waals surface area contributed by atoms with Crippen molar-refractivity contribution in [1.82, 2.24) is 0 Å². The summed E-state index contributed by atoms with van der Waals surface area (Å²) in [5, 5.41) is 0.784. The van der Waals surface area contributed by atoms with Crippen LogP contribution in [-0.4, -0.2) is 26.2 Å². The molecule has 1 aliphatic rings. The number of benzene rings is 2. The van der Waals surface area contributed by atoms with E-state index >= 15 is 0 Å². The SMILES string of the molecule is Fc1cc(I)cc(N2CCN(c3ccccc3Cl)CC2)c1. The van der Waals surface area contributed by atoms with E-state index in [4.69, 9.17) is 11.6 Å². The van der Waals surface area contributed by atoms with Gasteiger partial charge in [-0.05, 0) is 52.9 Å². The van der Waals surface area contributed by atoms with Crippen molar-refractivity contribution in [3.8, 4) is 0 Å². The predicted octanol–water partition coefficient (Wildman–Crippen LogP) is 4.41. The molecule has 110 valence electrons. The van der Waals surface area contributed by atoms with Crippen LogP contribution in [0.5, 0.6) is 0 Å². The largest absolute Gasteiger partial charge is 0.368 e. The molecule has 0 aromatic heterocycles. The number of piperazine rings is 1. The van der Waals surface area contributed by atoms with Gasteiger partial charge in [-0.2, -0.15) is 0 Å². The van der Waals surface area contributed by atoms with Gasteiger partial charge in [-0.25, -0.2) is 4.39 Å². The van der Waals surface area contributed by atoms with Crippen LogP contribution in [0.15, 0.2) is 42.5 Å². The minimum absolute atomic E-state index is 0.176. The first-order valence-corrected chi connectivity index (χ1v) is 8.30. The van der Waals surface area contributed by atoms with Crippen LogP contribution in [0.1, 0.15) is 0 Å². The van der Waals surface area contributed by atoms with Gasteiger partial charge in [0.15, 0.2) is 0 Å². The third kappa shape index (κ3) is 3.43. The Kier molecular flexibility index (Phi) is 4.54. The summed E-state index contributed by atoms with van der Waals surface area (Å²) in [7, 11) is 0. The van der Waals surface area contributed by atoms with E-state index in [-0.39, 0.29) is 5.82 Å². The molecule has 2 aromatic carbocycles. The fourth-order valence-electron chi connectivity index (χ4n) is 2.64. The van der Waals surface area contributed by atoms with Crippen LogP contribution < -0.4 is 9.80 Å². The van der Waals surface area contributed by atoms with E-state index in [0.29, 0.717) is 0 Å². The van der Waals surface area contributed by atoms with E-state index in [1.165, 1.54) is 0 Å². The lowest BCUT2D eigenvalue weighted by molar-refractivity contribution is 0.619. The quantitative estimate of drug-likeness (QED) is 0.669. The lowest BCUT2D eigenvalue weighted by Crippen LogP contribution is -2.46. The van der Waals surface area contributed by atoms with Gasteiger partial charge in [0.05, 0.1) is 10.7 Å². The van der Waals surface area contributed by atoms with Crippen LogP contribution >= 0.6 is 34.2 Å². The van der Waals surface area contributed by atoms with Gasteiger partial charge >= 0.3 is 0 Å². The lowest BCUT2D eigenvalue weighted by atomic mass is 10.2. The van der Waals surface area contributed by atoms with Crippen LogP contribution in [-0.2, 0) is 0 Å². The normalized spacial score (nSPS) is 15.4. The molecular weight excluding hydrogens is 402 g/mol. The summed E-state index contributed by atoms with van der Waals surface area (Å²) in [6.45, 7) is 3.50. The number of anilines is 2. The Balaban J connectivity index is 1.72. The maximum atomic E-state index is 13.5. The fraction of sp³-hybridized carbons (Fsp3) is 0.250. The average Bonchev–Trinajstić information content (AvgIpc) is 2.47. The van der Waals surface area contributed by atoms with Crippen LogP contribution in [0.4, 0.5) is 15.8 Å². The topological polar surface area (TPSA) is 6.48 Å². The summed E-state index contributed by atoms with van der Waals surface area (Å²) in [4.78, 5) is 4.50. The van der Waals surface area contributed by atoms with Crippen LogP contribution in [0.3, 0.4) is 0 Å². The monoisotopic (exact) mass is 416 g/mol. The molecule has 1 heterocycles. The molecule has 0 radical (unpaired) electrons. The van der Waals surface area contributed by atoms with E-state index in [2.05, 4.69) is 32.4 Å². The van der Waals surface area contributed by atoms with Gasteiger partial charge in [0.25, 0.3) is 0 Å². The second-order valence-corrected chi connectivity index (χ2v) is 6.71. The van der Waals surface area contributed by atoms with E-state index in [1.54, 1.807) is 12.1 Å². The van der Waals surface area contributed by atoms with Crippen molar-refractivity contribution in [2.24, 2.45) is 0 Å². The molecule has 5 heteroatoms. The first-order chi connectivity index (χ1) is 10.1. The fourth-order valence-corrected chi connectivity index (χ4v) is 3.51. The molecule has 0 N–H and O–H groups in total. The van der Waals surface area contributed by atoms with E-state index in [1.807, 2.05) is 30.3 Å². The zero-order valence-electron chi connectivity index (χ0n) is 11.4. The molecule has 2 aromatic rings. The molecule has 0 amide bonds. The zero-order chi connectivity index (χ0) is 14.8. The minimum atomic E-state index is -0.176. The van der Waals surface area contributed by atoms with Gasteiger partial charge < -0.3 is 9.80 Å². The summed E-state index contributed by atoms with van der Waals surface area (Å²) in [5.74, 6) is -0.176. The summed E-state index contributed by atoms with van der Waals surface area (Å²) in [6.07, 6.45) is 0. The van der Waals surface area contributed by atoms with Crippen molar-refractivity contribution in [2.75, 3.05) is 36.0 Å². The molecule has 21 heavy (non-hydrogen) atoms. The molecule has 0 unspecified atom stereocenters. The Morgan fingerprint density at radius 3 is 2.29 bits per heavy atom. The number of rotatable bonds is 2. The van der Waals surface area contributed by atoms with E-state index in [0.717, 1.165) is 46.1 Å². The average molecular weight is 417 g/mol. The Hall–Kier alpha value is -1.01. The third-order valence-electron chi connectivity index (χ3n) is 3.69. The van der Waals surface area contributed by atoms with E-state index < -0.39 is 0 Å². The molecule has 0 spiro atoms. The summed E-state index contributed by atoms with van der Waals surface area (Å²) >= 11 is 8.40. The highest BCUT2D eigenvalue weighted by atomic mass is 127. The maximum absolute atomic E-state index is 13.5. The van der Waals surface area contributed by atoms with Crippen molar-refractivity contribution < 1.29 is 4.39 Å². The highest BCUT2D eigenvalue weighted by molar-refractivity contribution is 14.1. The molecule has 1 fully saturated rings. The lowest BCUT2D eigenvalue weighted by Gasteiger charge is -2.37. The van der Waals surface area contributed by atoms with Gasteiger partial charge in [-0.1, -0.05) is 23.7 Å². The Morgan fingerprint density at radius 2 is 1.62 bits per heavy atom. The van der Waals surface area contributed by atoms with Crippen molar-refractivity contribution in [3.05, 3.63) is 56.9 Å². The Labute approximate surface area is 142 Å². The molecule has 3 rings (SSSR count). The second kappa shape index (κ2) is 6.40. The third-order valence-corrected chi connectivity index (χ3v) is 4.63. The maximum Gasteiger partial charge on any atom is 0.126 e. The van der Waals surface area contributed by atoms with Crippen LogP contribution in [0, 0.1) is 9.39 Å². The van der Waals surface area contributed by atoms with Gasteiger partial charge in [0, 0.05) is 35.4 Å². The standard InChI is InChI=1S/C16H15ClFIN2/c17-15-3-1-2-4-16(15)21-7-5-20(6-8-21)14-10-12(18)9-13(19)11-14/h1-4,9-11H,5-8H2. The Bertz CT molecular complexity index is 622. The molecule has 1 saturated heterocycles. The molecule has 0 saturated carbocycles. The molecular formula is C16H15ClFIN2. The van der Waals surface area contributed by atoms with Crippen LogP contribution in [0.2, 0.25) is 5.02 Å². The molecule has 2 nitrogen and oxygen atoms in total. The second-order valence-electron chi connectivity index (χ2n) is 5.05. The van der Waals surface area contributed by atoms with Crippen LogP contribution in [0.25, 0.3) is 0 Å². The number of hydrogen-bond donors (Lipinski definition) is 0. The number of nitrogens with zero attached hydrogens (tertiary/aromatic N) is 2. The summed E-state index contributed by atoms with van der Waals surface area (Å²) in [5.41, 5.74) is 2.03. The number of para-hydroxylation sites is 1. The number of hydrogen-bond acceptors (Lipinski definition) is 2. The van der Waals surface area contributed by atoms with E-state index in [9.17, 15) is 4.39 Å². The first-order valence-electron chi connectivity index (χ1n) is 6.84. The van der Waals surface area contributed by atoms with Gasteiger partial charge in [-0.15, -0.1) is 0 Å². The van der Waals surface area contributed by atoms with Gasteiger partial charge in [0.1, 0.15) is 5.82 Å². The smallest absolute Gasteiger partial charge is 0.126 e. The molecule has 0 atom stereocenters. The number of halogens is 3. The molecule has 1 aliphatic heterocycles. The Morgan fingerprint density at radius 1 is 0.952 bits per heavy atom. The summed E-state index contributed by atoms with van der Waals surface area (Å²) < 4.78 is 14.4. The zero-order valence-corrected chi connectivity index (χ0v) is 14.3. The summed E-state index contributed by atoms with van der Waals surface area (Å²) in [6, 6.07) is 13.1. The van der Waals surface area contributed by atoms with Gasteiger partial charge in [-0.3, -0.25) is 0 Å². The van der Waals surface area contributed by atoms with Crippen molar-refractivity contribution in [3.63, 3.8) is 0 Å². The first kappa shape index (κ1) is 14.9. The van der Waals surface area contributed by atoms with Crippen molar-refractivity contribution >= 4 is 45.6 Å². The van der Waals surface area contributed by atoms with Gasteiger partial charge in [0.2, 0.25) is 0 Å². The highest BCUT2D eigenvalue weighted by Crippen LogP contribution is 2.27. The van der Waals surface area contributed by atoms with Crippen molar-refractivity contribution in [1.29, 1.82) is 0 Å². The molecule has 0 aliphatic carbocycles. The van der Waals surface area contributed by atoms with Crippen molar-refractivity contribution in [2.45, 2.75) is 0 Å². The highest BCUT2D eigenvalue weighted by Gasteiger charge is 2.19.